The van der Waals surface area contributed by atoms with Gasteiger partial charge >= 0.3 is 0 Å². The molecule has 0 unspecified atom stereocenters. The Morgan fingerprint density at radius 3 is 2.67 bits per heavy atom. The first kappa shape index (κ1) is 12.1. The molecular weight excluding hydrogens is 242 g/mol. The number of nitrogens with zero attached hydrogens (tertiary/aromatic N) is 1. The van der Waals surface area contributed by atoms with Gasteiger partial charge in [0, 0.05) is 24.4 Å². The standard InChI is InChI=1S/C12H10F2N2O2/c1-17-12-4-7(2-3-16-12)18-11-6-8(13)10(15)5-9(11)14/h2-6H,15H2,1H3. The van der Waals surface area contributed by atoms with Gasteiger partial charge in [-0.3, -0.25) is 0 Å². The minimum absolute atomic E-state index is 0.255. The third kappa shape index (κ3) is 2.48. The van der Waals surface area contributed by atoms with Crippen LogP contribution in [0.2, 0.25) is 0 Å². The third-order valence-electron chi connectivity index (χ3n) is 2.19. The summed E-state index contributed by atoms with van der Waals surface area (Å²) in [6, 6.07) is 4.70. The van der Waals surface area contributed by atoms with Crippen LogP contribution in [-0.2, 0) is 0 Å². The molecule has 2 rings (SSSR count). The Labute approximate surface area is 102 Å². The minimum atomic E-state index is -0.746. The van der Waals surface area contributed by atoms with Crippen molar-refractivity contribution in [1.82, 2.24) is 4.98 Å². The van der Waals surface area contributed by atoms with Crippen molar-refractivity contribution in [2.75, 3.05) is 12.8 Å². The highest BCUT2D eigenvalue weighted by Gasteiger charge is 2.10. The summed E-state index contributed by atoms with van der Waals surface area (Å²) in [6.45, 7) is 0. The summed E-state index contributed by atoms with van der Waals surface area (Å²) in [4.78, 5) is 3.86. The Hall–Kier alpha value is -2.37. The van der Waals surface area contributed by atoms with Crippen molar-refractivity contribution in [3.05, 3.63) is 42.1 Å². The van der Waals surface area contributed by atoms with Gasteiger partial charge in [0.25, 0.3) is 0 Å². The Morgan fingerprint density at radius 2 is 1.94 bits per heavy atom. The normalized spacial score (nSPS) is 10.2. The fraction of sp³-hybridized carbons (Fsp3) is 0.0833. The predicted octanol–water partition coefficient (Wildman–Crippen LogP) is 2.74. The zero-order chi connectivity index (χ0) is 13.1. The van der Waals surface area contributed by atoms with Crippen LogP contribution in [-0.4, -0.2) is 12.1 Å². The Bertz CT molecular complexity index is 576. The quantitative estimate of drug-likeness (QED) is 0.853. The van der Waals surface area contributed by atoms with Crippen LogP contribution < -0.4 is 15.2 Å². The monoisotopic (exact) mass is 252 g/mol. The second kappa shape index (κ2) is 4.87. The summed E-state index contributed by atoms with van der Waals surface area (Å²) in [5.74, 6) is -1.15. The van der Waals surface area contributed by atoms with E-state index in [0.29, 0.717) is 5.88 Å². The molecule has 2 N–H and O–H groups in total. The summed E-state index contributed by atoms with van der Waals surface area (Å²) < 4.78 is 36.8. The Kier molecular flexibility index (Phi) is 3.27. The van der Waals surface area contributed by atoms with E-state index in [0.717, 1.165) is 12.1 Å². The summed E-state index contributed by atoms with van der Waals surface area (Å²) in [7, 11) is 1.44. The molecule has 4 nitrogen and oxygen atoms in total. The number of nitrogen functional groups attached to an aromatic ring is 1. The van der Waals surface area contributed by atoms with Crippen molar-refractivity contribution in [1.29, 1.82) is 0 Å². The molecule has 0 aliphatic rings. The molecule has 0 bridgehead atoms. The fourth-order valence-electron chi connectivity index (χ4n) is 1.32. The topological polar surface area (TPSA) is 57.4 Å². The summed E-state index contributed by atoms with van der Waals surface area (Å²) in [6.07, 6.45) is 1.43. The first-order valence-corrected chi connectivity index (χ1v) is 5.02. The molecule has 0 radical (unpaired) electrons. The molecule has 1 heterocycles. The van der Waals surface area contributed by atoms with Gasteiger partial charge in [0.15, 0.2) is 11.6 Å². The van der Waals surface area contributed by atoms with Crippen LogP contribution in [0.5, 0.6) is 17.4 Å². The largest absolute Gasteiger partial charge is 0.481 e. The van der Waals surface area contributed by atoms with Crippen LogP contribution in [0.1, 0.15) is 0 Å². The molecule has 0 saturated carbocycles. The van der Waals surface area contributed by atoms with Gasteiger partial charge in [-0.25, -0.2) is 13.8 Å². The molecule has 6 heteroatoms. The number of benzene rings is 1. The molecule has 0 atom stereocenters. The molecule has 1 aromatic carbocycles. The van der Waals surface area contributed by atoms with Crippen molar-refractivity contribution in [3.8, 4) is 17.4 Å². The zero-order valence-electron chi connectivity index (χ0n) is 9.48. The zero-order valence-corrected chi connectivity index (χ0v) is 9.48. The highest BCUT2D eigenvalue weighted by atomic mass is 19.1. The van der Waals surface area contributed by atoms with Gasteiger partial charge in [0.2, 0.25) is 5.88 Å². The molecule has 94 valence electrons. The Balaban J connectivity index is 2.30. The maximum absolute atomic E-state index is 13.5. The van der Waals surface area contributed by atoms with E-state index in [1.807, 2.05) is 0 Å². The lowest BCUT2D eigenvalue weighted by Gasteiger charge is -2.08. The van der Waals surface area contributed by atoms with Gasteiger partial charge < -0.3 is 15.2 Å². The maximum Gasteiger partial charge on any atom is 0.216 e. The molecular formula is C12H10F2N2O2. The molecule has 0 aliphatic heterocycles. The van der Waals surface area contributed by atoms with Crippen molar-refractivity contribution in [2.24, 2.45) is 0 Å². The van der Waals surface area contributed by atoms with E-state index >= 15 is 0 Å². The lowest BCUT2D eigenvalue weighted by Crippen LogP contribution is -1.96. The van der Waals surface area contributed by atoms with Crippen LogP contribution >= 0.6 is 0 Å². The number of pyridine rings is 1. The lowest BCUT2D eigenvalue weighted by molar-refractivity contribution is 0.389. The lowest BCUT2D eigenvalue weighted by atomic mass is 10.3. The van der Waals surface area contributed by atoms with Gasteiger partial charge in [-0.05, 0) is 6.07 Å². The second-order valence-electron chi connectivity index (χ2n) is 3.44. The number of rotatable bonds is 3. The summed E-state index contributed by atoms with van der Waals surface area (Å²) in [5.41, 5.74) is 4.96. The van der Waals surface area contributed by atoms with E-state index in [1.54, 1.807) is 0 Å². The SMILES string of the molecule is COc1cc(Oc2cc(F)c(N)cc2F)ccn1. The molecule has 1 aromatic heterocycles. The number of hydrogen-bond donors (Lipinski definition) is 1. The number of ether oxygens (including phenoxy) is 2. The minimum Gasteiger partial charge on any atom is -0.481 e. The van der Waals surface area contributed by atoms with Crippen molar-refractivity contribution < 1.29 is 18.3 Å². The molecule has 0 aliphatic carbocycles. The van der Waals surface area contributed by atoms with E-state index < -0.39 is 11.6 Å². The highest BCUT2D eigenvalue weighted by molar-refractivity contribution is 5.46. The van der Waals surface area contributed by atoms with Gasteiger partial charge in [0.1, 0.15) is 11.6 Å². The van der Waals surface area contributed by atoms with E-state index in [4.69, 9.17) is 15.2 Å². The average Bonchev–Trinajstić information content (AvgIpc) is 2.36. The number of halogens is 2. The van der Waals surface area contributed by atoms with Gasteiger partial charge in [-0.1, -0.05) is 0 Å². The Morgan fingerprint density at radius 1 is 1.17 bits per heavy atom. The molecule has 2 aromatic rings. The highest BCUT2D eigenvalue weighted by Crippen LogP contribution is 2.28. The van der Waals surface area contributed by atoms with E-state index in [9.17, 15) is 8.78 Å². The fourth-order valence-corrected chi connectivity index (χ4v) is 1.32. The number of nitrogens with two attached hydrogens (primary N) is 1. The number of methoxy groups -OCH3 is 1. The maximum atomic E-state index is 13.5. The van der Waals surface area contributed by atoms with E-state index in [-0.39, 0.29) is 17.2 Å². The van der Waals surface area contributed by atoms with E-state index in [1.165, 1.54) is 25.4 Å². The first-order chi connectivity index (χ1) is 8.60. The van der Waals surface area contributed by atoms with Gasteiger partial charge in [0.05, 0.1) is 12.8 Å². The summed E-state index contributed by atoms with van der Waals surface area (Å²) in [5, 5.41) is 0. The van der Waals surface area contributed by atoms with Crippen LogP contribution in [0.3, 0.4) is 0 Å². The van der Waals surface area contributed by atoms with Crippen LogP contribution in [0.25, 0.3) is 0 Å². The molecule has 0 spiro atoms. The van der Waals surface area contributed by atoms with Crippen LogP contribution in [0, 0.1) is 11.6 Å². The number of aromatic nitrogens is 1. The second-order valence-corrected chi connectivity index (χ2v) is 3.44. The van der Waals surface area contributed by atoms with E-state index in [2.05, 4.69) is 4.98 Å². The van der Waals surface area contributed by atoms with Gasteiger partial charge in [-0.2, -0.15) is 0 Å². The van der Waals surface area contributed by atoms with Crippen molar-refractivity contribution in [3.63, 3.8) is 0 Å². The van der Waals surface area contributed by atoms with Crippen molar-refractivity contribution >= 4 is 5.69 Å². The molecule has 0 saturated heterocycles. The number of hydrogen-bond acceptors (Lipinski definition) is 4. The third-order valence-corrected chi connectivity index (χ3v) is 2.19. The molecule has 0 fully saturated rings. The smallest absolute Gasteiger partial charge is 0.216 e. The predicted molar refractivity (Wildman–Crippen MR) is 61.6 cm³/mol. The number of anilines is 1. The molecule has 18 heavy (non-hydrogen) atoms. The molecule has 0 amide bonds. The first-order valence-electron chi connectivity index (χ1n) is 5.02. The summed E-state index contributed by atoms with van der Waals surface area (Å²) >= 11 is 0. The van der Waals surface area contributed by atoms with Gasteiger partial charge in [-0.15, -0.1) is 0 Å². The van der Waals surface area contributed by atoms with Crippen molar-refractivity contribution in [2.45, 2.75) is 0 Å². The van der Waals surface area contributed by atoms with Crippen LogP contribution in [0.4, 0.5) is 14.5 Å². The van der Waals surface area contributed by atoms with Crippen LogP contribution in [0.15, 0.2) is 30.5 Å². The average molecular weight is 252 g/mol.